The first-order valence-electron chi connectivity index (χ1n) is 5.27. The number of hydrazone groups is 1. The Morgan fingerprint density at radius 3 is 2.56 bits per heavy atom. The molecule has 0 saturated heterocycles. The van der Waals surface area contributed by atoms with Crippen molar-refractivity contribution in [3.8, 4) is 12.1 Å². The van der Waals surface area contributed by atoms with E-state index in [1.165, 1.54) is 0 Å². The Kier molecular flexibility index (Phi) is 5.74. The van der Waals surface area contributed by atoms with Crippen LogP contribution >= 0.6 is 0 Å². The summed E-state index contributed by atoms with van der Waals surface area (Å²) in [5, 5.41) is 24.0. The van der Waals surface area contributed by atoms with Crippen LogP contribution in [0.4, 0.5) is 11.4 Å². The second-order valence-corrected chi connectivity index (χ2v) is 3.26. The number of hydrogen-bond donors (Lipinski definition) is 2. The second kappa shape index (κ2) is 7.66. The summed E-state index contributed by atoms with van der Waals surface area (Å²) in [6.07, 6.45) is 0. The Morgan fingerprint density at radius 1 is 1.28 bits per heavy atom. The van der Waals surface area contributed by atoms with E-state index >= 15 is 0 Å². The molecule has 1 rings (SSSR count). The van der Waals surface area contributed by atoms with E-state index in [9.17, 15) is 0 Å². The molecule has 0 spiro atoms. The molecule has 0 atom stereocenters. The fraction of sp³-hybridized carbons (Fsp3) is 0.250. The molecule has 0 fully saturated rings. The van der Waals surface area contributed by atoms with Gasteiger partial charge in [-0.15, -0.1) is 0 Å². The molecule has 0 aliphatic rings. The normalized spacial score (nSPS) is 8.83. The van der Waals surface area contributed by atoms with Gasteiger partial charge < -0.3 is 10.1 Å². The van der Waals surface area contributed by atoms with Gasteiger partial charge in [-0.05, 0) is 12.1 Å². The molecule has 0 unspecified atom stereocenters. The van der Waals surface area contributed by atoms with Gasteiger partial charge in [-0.2, -0.15) is 15.6 Å². The lowest BCUT2D eigenvalue weighted by molar-refractivity contribution is 0.211. The van der Waals surface area contributed by atoms with Crippen LogP contribution in [0.15, 0.2) is 29.4 Å². The summed E-state index contributed by atoms with van der Waals surface area (Å²) in [6.45, 7) is 1.24. The number of nitrogens with one attached hydrogen (secondary N) is 2. The van der Waals surface area contributed by atoms with Crippen LogP contribution < -0.4 is 10.7 Å². The van der Waals surface area contributed by atoms with Crippen molar-refractivity contribution in [3.05, 3.63) is 24.3 Å². The maximum Gasteiger partial charge on any atom is 0.237 e. The SMILES string of the molecule is COCCNc1ccccc1NN=C(C#N)C#N. The van der Waals surface area contributed by atoms with Gasteiger partial charge in [0.05, 0.1) is 18.0 Å². The van der Waals surface area contributed by atoms with Crippen LogP contribution in [-0.2, 0) is 4.74 Å². The van der Waals surface area contributed by atoms with Crippen molar-refractivity contribution in [1.82, 2.24) is 0 Å². The van der Waals surface area contributed by atoms with Crippen LogP contribution in [0.5, 0.6) is 0 Å². The minimum atomic E-state index is -0.221. The molecule has 0 amide bonds. The molecule has 0 aliphatic carbocycles. The summed E-state index contributed by atoms with van der Waals surface area (Å²) in [6, 6.07) is 10.7. The third-order valence-electron chi connectivity index (χ3n) is 2.05. The molecule has 0 aliphatic heterocycles. The quantitative estimate of drug-likeness (QED) is 0.449. The molecule has 2 N–H and O–H groups in total. The fourth-order valence-electron chi connectivity index (χ4n) is 1.21. The summed E-state index contributed by atoms with van der Waals surface area (Å²) in [5.74, 6) is 0. The number of anilines is 2. The Bertz CT molecular complexity index is 482. The number of benzene rings is 1. The summed E-state index contributed by atoms with van der Waals surface area (Å²) in [4.78, 5) is 0. The predicted molar refractivity (Wildman–Crippen MR) is 69.1 cm³/mol. The second-order valence-electron chi connectivity index (χ2n) is 3.26. The van der Waals surface area contributed by atoms with Crippen molar-refractivity contribution < 1.29 is 4.74 Å². The summed E-state index contributed by atoms with van der Waals surface area (Å²) >= 11 is 0. The van der Waals surface area contributed by atoms with Crippen molar-refractivity contribution in [2.24, 2.45) is 5.10 Å². The number of nitriles is 2. The highest BCUT2D eigenvalue weighted by Gasteiger charge is 2.00. The van der Waals surface area contributed by atoms with Crippen molar-refractivity contribution >= 4 is 17.1 Å². The number of para-hydroxylation sites is 2. The number of hydrogen-bond acceptors (Lipinski definition) is 6. The van der Waals surface area contributed by atoms with E-state index in [0.717, 1.165) is 5.69 Å². The van der Waals surface area contributed by atoms with Crippen LogP contribution in [-0.4, -0.2) is 26.0 Å². The average molecular weight is 243 g/mol. The van der Waals surface area contributed by atoms with Crippen LogP contribution in [0.3, 0.4) is 0 Å². The topological polar surface area (TPSA) is 93.2 Å². The number of methoxy groups -OCH3 is 1. The maximum absolute atomic E-state index is 8.57. The first-order valence-corrected chi connectivity index (χ1v) is 5.27. The lowest BCUT2D eigenvalue weighted by Gasteiger charge is -2.10. The van der Waals surface area contributed by atoms with E-state index in [1.807, 2.05) is 18.2 Å². The standard InChI is InChI=1S/C12H13N5O/c1-18-7-6-15-11-4-2-3-5-12(11)17-16-10(8-13)9-14/h2-5,15,17H,6-7H2,1H3. The highest BCUT2D eigenvalue weighted by atomic mass is 16.5. The third-order valence-corrected chi connectivity index (χ3v) is 2.05. The molecule has 0 saturated carbocycles. The van der Waals surface area contributed by atoms with Gasteiger partial charge in [-0.3, -0.25) is 5.43 Å². The first-order chi connectivity index (χ1) is 8.81. The van der Waals surface area contributed by atoms with Gasteiger partial charge in [0.15, 0.2) is 0 Å². The van der Waals surface area contributed by atoms with E-state index in [0.29, 0.717) is 18.8 Å². The minimum Gasteiger partial charge on any atom is -0.383 e. The molecule has 18 heavy (non-hydrogen) atoms. The molecule has 6 heteroatoms. The van der Waals surface area contributed by atoms with Gasteiger partial charge in [0.2, 0.25) is 5.71 Å². The van der Waals surface area contributed by atoms with Crippen LogP contribution in [0.1, 0.15) is 0 Å². The molecule has 0 radical (unpaired) electrons. The van der Waals surface area contributed by atoms with Crippen LogP contribution in [0.25, 0.3) is 0 Å². The van der Waals surface area contributed by atoms with E-state index in [-0.39, 0.29) is 5.71 Å². The molecule has 92 valence electrons. The zero-order chi connectivity index (χ0) is 13.2. The Morgan fingerprint density at radius 2 is 1.94 bits per heavy atom. The Labute approximate surface area is 105 Å². The van der Waals surface area contributed by atoms with Gasteiger partial charge >= 0.3 is 0 Å². The minimum absolute atomic E-state index is 0.221. The van der Waals surface area contributed by atoms with Crippen LogP contribution in [0.2, 0.25) is 0 Å². The molecule has 6 nitrogen and oxygen atoms in total. The highest BCUT2D eigenvalue weighted by molar-refractivity contribution is 6.10. The van der Waals surface area contributed by atoms with Gasteiger partial charge in [-0.1, -0.05) is 12.1 Å². The van der Waals surface area contributed by atoms with E-state index < -0.39 is 0 Å². The molecule has 1 aromatic rings. The first kappa shape index (κ1) is 13.5. The van der Waals surface area contributed by atoms with E-state index in [1.54, 1.807) is 25.3 Å². The summed E-state index contributed by atoms with van der Waals surface area (Å²) in [5.41, 5.74) is 3.98. The van der Waals surface area contributed by atoms with Crippen LogP contribution in [0, 0.1) is 22.7 Å². The predicted octanol–water partition coefficient (Wildman–Crippen LogP) is 1.56. The molecule has 0 heterocycles. The Balaban J connectivity index is 2.74. The van der Waals surface area contributed by atoms with Gasteiger partial charge in [0.25, 0.3) is 0 Å². The van der Waals surface area contributed by atoms with Gasteiger partial charge in [0.1, 0.15) is 12.1 Å². The number of rotatable bonds is 6. The van der Waals surface area contributed by atoms with Crippen molar-refractivity contribution in [2.75, 3.05) is 31.0 Å². The molecule has 1 aromatic carbocycles. The zero-order valence-corrected chi connectivity index (χ0v) is 9.97. The van der Waals surface area contributed by atoms with E-state index in [4.69, 9.17) is 15.3 Å². The molecular formula is C12H13N5O. The molecular weight excluding hydrogens is 230 g/mol. The zero-order valence-electron chi connectivity index (χ0n) is 9.97. The monoisotopic (exact) mass is 243 g/mol. The maximum atomic E-state index is 8.57. The number of ether oxygens (including phenoxy) is 1. The Hall–Kier alpha value is -2.57. The number of nitrogens with zero attached hydrogens (tertiary/aromatic N) is 3. The van der Waals surface area contributed by atoms with E-state index in [2.05, 4.69) is 15.8 Å². The van der Waals surface area contributed by atoms with Crippen molar-refractivity contribution in [1.29, 1.82) is 10.5 Å². The molecule has 0 bridgehead atoms. The lowest BCUT2D eigenvalue weighted by atomic mass is 10.2. The lowest BCUT2D eigenvalue weighted by Crippen LogP contribution is -2.09. The fourth-order valence-corrected chi connectivity index (χ4v) is 1.21. The van der Waals surface area contributed by atoms with Crippen molar-refractivity contribution in [3.63, 3.8) is 0 Å². The average Bonchev–Trinajstić information content (AvgIpc) is 2.41. The summed E-state index contributed by atoms with van der Waals surface area (Å²) < 4.78 is 4.94. The highest BCUT2D eigenvalue weighted by Crippen LogP contribution is 2.20. The third kappa shape index (κ3) is 4.12. The van der Waals surface area contributed by atoms with Gasteiger partial charge in [-0.25, -0.2) is 0 Å². The van der Waals surface area contributed by atoms with Crippen molar-refractivity contribution in [2.45, 2.75) is 0 Å². The van der Waals surface area contributed by atoms with Gasteiger partial charge in [0, 0.05) is 13.7 Å². The largest absolute Gasteiger partial charge is 0.383 e. The molecule has 0 aromatic heterocycles. The summed E-state index contributed by atoms with van der Waals surface area (Å²) in [7, 11) is 1.63. The smallest absolute Gasteiger partial charge is 0.237 e.